The Morgan fingerprint density at radius 1 is 1.40 bits per heavy atom. The van der Waals surface area contributed by atoms with Crippen LogP contribution in [0.5, 0.6) is 0 Å². The van der Waals surface area contributed by atoms with Crippen molar-refractivity contribution in [2.75, 3.05) is 6.61 Å². The zero-order chi connectivity index (χ0) is 11.5. The first-order valence-corrected chi connectivity index (χ1v) is 4.10. The maximum Gasteiger partial charge on any atom is 0.389 e. The van der Waals surface area contributed by atoms with Gasteiger partial charge in [-0.1, -0.05) is 30.3 Å². The topological polar surface area (TPSA) is 101 Å². The van der Waals surface area contributed by atoms with Crippen LogP contribution in [0.1, 0.15) is 5.56 Å². The molecule has 6 heteroatoms. The van der Waals surface area contributed by atoms with E-state index in [0.717, 1.165) is 0 Å². The fourth-order valence-electron chi connectivity index (χ4n) is 1.24. The molecule has 0 saturated heterocycles. The van der Waals surface area contributed by atoms with Crippen LogP contribution >= 0.6 is 0 Å². The molecule has 1 unspecified atom stereocenters. The van der Waals surface area contributed by atoms with Crippen molar-refractivity contribution in [2.45, 2.75) is 5.54 Å². The first kappa shape index (κ1) is 11.1. The number of hydrogen-bond donors (Lipinski definition) is 2. The monoisotopic (exact) mass is 211 g/mol. The van der Waals surface area contributed by atoms with Gasteiger partial charge in [-0.2, -0.15) is 0 Å². The molecule has 15 heavy (non-hydrogen) atoms. The number of nitro groups is 1. The largest absolute Gasteiger partial charge is 0.476 e. The molecule has 0 aromatic heterocycles. The van der Waals surface area contributed by atoms with E-state index in [0.29, 0.717) is 0 Å². The molecule has 0 amide bonds. The molecule has 1 aromatic rings. The molecule has 1 aromatic carbocycles. The van der Waals surface area contributed by atoms with Crippen molar-refractivity contribution >= 4 is 5.97 Å². The molecule has 0 aliphatic heterocycles. The Kier molecular flexibility index (Phi) is 3.01. The fraction of sp³-hybridized carbons (Fsp3) is 0.222. The quantitative estimate of drug-likeness (QED) is 0.548. The van der Waals surface area contributed by atoms with Gasteiger partial charge in [-0.15, -0.1) is 0 Å². The van der Waals surface area contributed by atoms with Gasteiger partial charge in [0.25, 0.3) is 0 Å². The molecule has 6 nitrogen and oxygen atoms in total. The maximum absolute atomic E-state index is 10.9. The third-order valence-corrected chi connectivity index (χ3v) is 2.15. The summed E-state index contributed by atoms with van der Waals surface area (Å²) in [6.07, 6.45) is 0. The highest BCUT2D eigenvalue weighted by atomic mass is 16.6. The Balaban J connectivity index is 3.35. The molecular weight excluding hydrogens is 202 g/mol. The van der Waals surface area contributed by atoms with E-state index in [1.807, 2.05) is 0 Å². The van der Waals surface area contributed by atoms with Crippen LogP contribution in [-0.2, 0) is 10.3 Å². The van der Waals surface area contributed by atoms with E-state index in [9.17, 15) is 14.9 Å². The number of rotatable bonds is 4. The zero-order valence-corrected chi connectivity index (χ0v) is 7.66. The Bertz CT molecular complexity index is 361. The van der Waals surface area contributed by atoms with Crippen molar-refractivity contribution < 1.29 is 19.9 Å². The van der Waals surface area contributed by atoms with E-state index in [1.165, 1.54) is 24.3 Å². The van der Waals surface area contributed by atoms with Gasteiger partial charge in [0.15, 0.2) is 0 Å². The predicted octanol–water partition coefficient (Wildman–Crippen LogP) is 0.236. The number of aliphatic carboxylic acids is 1. The Hall–Kier alpha value is -1.95. The minimum atomic E-state index is -2.47. The lowest BCUT2D eigenvalue weighted by molar-refractivity contribution is -0.567. The summed E-state index contributed by atoms with van der Waals surface area (Å²) in [5.41, 5.74) is -2.52. The van der Waals surface area contributed by atoms with Crippen LogP contribution in [0, 0.1) is 10.1 Å². The van der Waals surface area contributed by atoms with Gasteiger partial charge in [0.2, 0.25) is 0 Å². The number of carboxylic acid groups (broad SMARTS) is 1. The second-order valence-electron chi connectivity index (χ2n) is 2.95. The minimum Gasteiger partial charge on any atom is -0.476 e. The molecule has 0 spiro atoms. The van der Waals surface area contributed by atoms with E-state index in [1.54, 1.807) is 6.07 Å². The smallest absolute Gasteiger partial charge is 0.389 e. The van der Waals surface area contributed by atoms with E-state index < -0.39 is 23.0 Å². The lowest BCUT2D eigenvalue weighted by Crippen LogP contribution is -2.46. The van der Waals surface area contributed by atoms with Gasteiger partial charge in [0.05, 0.1) is 0 Å². The standard InChI is InChI=1S/C9H9NO5/c11-6-9(8(12)13,10(14)15)7-4-2-1-3-5-7/h1-5,11H,6H2,(H,12,13). The summed E-state index contributed by atoms with van der Waals surface area (Å²) in [6, 6.07) is 7.16. The third kappa shape index (κ3) is 1.66. The second kappa shape index (κ2) is 4.05. The molecule has 0 radical (unpaired) electrons. The van der Waals surface area contributed by atoms with Gasteiger partial charge in [0.1, 0.15) is 6.61 Å². The van der Waals surface area contributed by atoms with Crippen molar-refractivity contribution in [2.24, 2.45) is 0 Å². The van der Waals surface area contributed by atoms with Crippen LogP contribution in [0.3, 0.4) is 0 Å². The third-order valence-electron chi connectivity index (χ3n) is 2.15. The molecule has 0 saturated carbocycles. The van der Waals surface area contributed by atoms with Gasteiger partial charge < -0.3 is 10.2 Å². The number of hydrogen-bond acceptors (Lipinski definition) is 4. The number of aliphatic hydroxyl groups excluding tert-OH is 1. The SMILES string of the molecule is O=C(O)C(CO)(c1ccccc1)[N+](=O)[O-]. The molecule has 0 heterocycles. The van der Waals surface area contributed by atoms with Crippen molar-refractivity contribution in [3.63, 3.8) is 0 Å². The van der Waals surface area contributed by atoms with Crippen LogP contribution in [0.2, 0.25) is 0 Å². The average Bonchev–Trinajstić information content (AvgIpc) is 2.20. The summed E-state index contributed by atoms with van der Waals surface area (Å²) in [5.74, 6) is -1.68. The maximum atomic E-state index is 10.9. The highest BCUT2D eigenvalue weighted by Crippen LogP contribution is 2.24. The van der Waals surface area contributed by atoms with Crippen molar-refractivity contribution in [3.8, 4) is 0 Å². The van der Waals surface area contributed by atoms with Crippen molar-refractivity contribution in [1.29, 1.82) is 0 Å². The van der Waals surface area contributed by atoms with E-state index >= 15 is 0 Å². The van der Waals surface area contributed by atoms with E-state index in [2.05, 4.69) is 0 Å². The van der Waals surface area contributed by atoms with Gasteiger partial charge in [-0.25, -0.2) is 4.79 Å². The molecule has 2 N–H and O–H groups in total. The summed E-state index contributed by atoms with van der Waals surface area (Å²) in [7, 11) is 0. The number of carboxylic acids is 1. The van der Waals surface area contributed by atoms with Gasteiger partial charge in [-0.05, 0) is 0 Å². The zero-order valence-electron chi connectivity index (χ0n) is 7.66. The fourth-order valence-corrected chi connectivity index (χ4v) is 1.24. The second-order valence-corrected chi connectivity index (χ2v) is 2.95. The van der Waals surface area contributed by atoms with Crippen LogP contribution in [0.25, 0.3) is 0 Å². The Morgan fingerprint density at radius 2 is 1.93 bits per heavy atom. The Labute approximate surface area is 84.9 Å². The van der Waals surface area contributed by atoms with Crippen LogP contribution in [0.15, 0.2) is 30.3 Å². The molecular formula is C9H9NO5. The van der Waals surface area contributed by atoms with Gasteiger partial charge >= 0.3 is 11.5 Å². The van der Waals surface area contributed by atoms with Crippen molar-refractivity contribution in [1.82, 2.24) is 0 Å². The molecule has 0 fully saturated rings. The summed E-state index contributed by atoms with van der Waals surface area (Å²) in [5, 5.41) is 28.6. The number of nitrogens with zero attached hydrogens (tertiary/aromatic N) is 1. The molecule has 0 bridgehead atoms. The normalized spacial score (nSPS) is 14.2. The highest BCUT2D eigenvalue weighted by molar-refractivity contribution is 5.79. The van der Waals surface area contributed by atoms with Crippen LogP contribution < -0.4 is 0 Å². The predicted molar refractivity (Wildman–Crippen MR) is 49.8 cm³/mol. The summed E-state index contributed by atoms with van der Waals surface area (Å²) >= 11 is 0. The van der Waals surface area contributed by atoms with E-state index in [4.69, 9.17) is 10.2 Å². The van der Waals surface area contributed by atoms with Crippen molar-refractivity contribution in [3.05, 3.63) is 46.0 Å². The molecule has 1 rings (SSSR count). The first-order chi connectivity index (χ1) is 7.05. The number of carbonyl (C=O) groups is 1. The van der Waals surface area contributed by atoms with Gasteiger partial charge in [-0.3, -0.25) is 10.1 Å². The molecule has 80 valence electrons. The minimum absolute atomic E-state index is 0.0509. The lowest BCUT2D eigenvalue weighted by atomic mass is 9.92. The number of benzene rings is 1. The van der Waals surface area contributed by atoms with Crippen LogP contribution in [-0.4, -0.2) is 27.7 Å². The average molecular weight is 211 g/mol. The molecule has 1 atom stereocenters. The summed E-state index contributed by atoms with van der Waals surface area (Å²) in [4.78, 5) is 20.7. The number of aliphatic hydroxyl groups is 1. The molecule has 0 aliphatic rings. The summed E-state index contributed by atoms with van der Waals surface area (Å²) < 4.78 is 0. The highest BCUT2D eigenvalue weighted by Gasteiger charge is 2.52. The molecule has 0 aliphatic carbocycles. The van der Waals surface area contributed by atoms with E-state index in [-0.39, 0.29) is 5.56 Å². The van der Waals surface area contributed by atoms with Crippen LogP contribution in [0.4, 0.5) is 0 Å². The first-order valence-electron chi connectivity index (χ1n) is 4.10. The Morgan fingerprint density at radius 3 is 2.27 bits per heavy atom. The van der Waals surface area contributed by atoms with Gasteiger partial charge in [0, 0.05) is 10.5 Å². The summed E-state index contributed by atoms with van der Waals surface area (Å²) in [6.45, 7) is -1.08. The lowest BCUT2D eigenvalue weighted by Gasteiger charge is -2.18.